The third-order valence-electron chi connectivity index (χ3n) is 0.0337. The van der Waals surface area contributed by atoms with Crippen LogP contribution in [0.15, 0.2) is 0 Å². The van der Waals surface area contributed by atoms with Gasteiger partial charge in [-0.05, 0) is 0 Å². The molecule has 0 fully saturated rings. The molecule has 0 aromatic carbocycles. The number of rotatable bonds is 1. The molecule has 0 unspecified atom stereocenters. The Bertz CT molecular complexity index is 10.0. The van der Waals surface area contributed by atoms with Crippen LogP contribution < -0.4 is 0 Å². The van der Waals surface area contributed by atoms with E-state index < -0.39 is 0 Å². The van der Waals surface area contributed by atoms with E-state index in [4.69, 9.17) is 0 Å². The van der Waals surface area contributed by atoms with Gasteiger partial charge in [0.15, 0.2) is 0 Å². The van der Waals surface area contributed by atoms with Crippen molar-refractivity contribution in [2.24, 2.45) is 0 Å². The molecule has 23 valence electrons. The largest absolute Gasteiger partial charge is 0.430 e. The van der Waals surface area contributed by atoms with Crippen molar-refractivity contribution in [1.29, 1.82) is 0 Å². The second-order valence-electron chi connectivity index (χ2n) is 0.178. The van der Waals surface area contributed by atoms with Gasteiger partial charge in [0.1, 0.15) is 0 Å². The van der Waals surface area contributed by atoms with Gasteiger partial charge < -0.3 is 0 Å². The van der Waals surface area contributed by atoms with E-state index in [2.05, 4.69) is 4.86 Å². The predicted molar refractivity (Wildman–Crippen MR) is 22.0 cm³/mol. The van der Waals surface area contributed by atoms with Gasteiger partial charge in [-0.1, -0.05) is 4.53 Å². The van der Waals surface area contributed by atoms with Crippen LogP contribution in [-0.2, 0) is 4.86 Å². The average Bonchev–Trinajstić information content (AvgIpc) is 1.37. The molecule has 0 rings (SSSR count). The second-order valence-corrected chi connectivity index (χ2v) is 0.687. The summed E-state index contributed by atoms with van der Waals surface area (Å²) in [7, 11) is 0. The summed E-state index contributed by atoms with van der Waals surface area (Å²) in [6.45, 7) is 0. The fourth-order valence-corrected chi connectivity index (χ4v) is 0. The fourth-order valence-electron chi connectivity index (χ4n) is 0. The molecule has 1 nitrogen and oxygen atoms in total. The second kappa shape index (κ2) is 3.68. The third kappa shape index (κ3) is 2.68. The zero-order valence-corrected chi connectivity index (χ0v) is 3.90. The molecule has 0 aromatic heterocycles. The Hall–Kier alpha value is 0.685. The zero-order valence-electron chi connectivity index (χ0n) is 1.74. The van der Waals surface area contributed by atoms with Gasteiger partial charge in [-0.15, -0.1) is 22.4 Å². The topological polar surface area (TPSA) is 9.23 Å². The summed E-state index contributed by atoms with van der Waals surface area (Å²) in [4.78, 5) is 2.90. The van der Waals surface area contributed by atoms with E-state index in [9.17, 15) is 4.53 Å². The third-order valence-corrected chi connectivity index (χ3v) is 0.226. The maximum absolute atomic E-state index is 10.2. The van der Waals surface area contributed by atoms with Crippen LogP contribution in [0.5, 0.6) is 0 Å². The van der Waals surface area contributed by atoms with Gasteiger partial charge in [0, 0.05) is 0 Å². The molecule has 0 heterocycles. The Morgan fingerprint density at radius 2 is 2.25 bits per heavy atom. The van der Waals surface area contributed by atoms with Crippen LogP contribution in [0.2, 0.25) is 0 Å². The zero-order chi connectivity index (χ0) is 3.41. The van der Waals surface area contributed by atoms with Crippen LogP contribution in [0.1, 0.15) is 0 Å². The molecule has 0 atom stereocenters. The van der Waals surface area contributed by atoms with E-state index in [0.29, 0.717) is 0 Å². The lowest BCUT2D eigenvalue weighted by Crippen LogP contribution is -1.67. The van der Waals surface area contributed by atoms with E-state index in [1.807, 2.05) is 0 Å². The highest BCUT2D eigenvalue weighted by Crippen LogP contribution is 1.74. The minimum absolute atomic E-state index is 0.928. The Labute approximate surface area is 37.6 Å². The molecule has 4 heavy (non-hydrogen) atoms. The Morgan fingerprint density at radius 1 is 2.00 bits per heavy atom. The molecular formula is BFIO. The van der Waals surface area contributed by atoms with Crippen molar-refractivity contribution in [3.63, 3.8) is 0 Å². The quantitative estimate of drug-likeness (QED) is 0.421. The average molecular weight is 173 g/mol. The lowest BCUT2D eigenvalue weighted by Gasteiger charge is -1.62. The van der Waals surface area contributed by atoms with E-state index in [1.54, 1.807) is 22.4 Å². The fraction of sp³-hybridized carbons (Fsp3) is 0. The van der Waals surface area contributed by atoms with Crippen molar-refractivity contribution in [3.8, 4) is 0 Å². The molecule has 0 amide bonds. The maximum atomic E-state index is 10.2. The van der Waals surface area contributed by atoms with Crippen LogP contribution >= 0.6 is 22.4 Å². The number of halogens is 2. The van der Waals surface area contributed by atoms with Crippen molar-refractivity contribution in [2.45, 2.75) is 0 Å². The highest BCUT2D eigenvalue weighted by molar-refractivity contribution is 14.1. The summed E-state index contributed by atoms with van der Waals surface area (Å²) < 4.78 is 10.2. The normalized spacial score (nSPS) is 6.50. The van der Waals surface area contributed by atoms with Gasteiger partial charge in [-0.2, -0.15) is 0 Å². The number of hydrogen-bond acceptors (Lipinski definition) is 1. The van der Waals surface area contributed by atoms with Gasteiger partial charge in [0.25, 0.3) is 0 Å². The number of hydrogen-bond donors (Lipinski definition) is 0. The monoisotopic (exact) mass is 173 g/mol. The van der Waals surface area contributed by atoms with Crippen LogP contribution in [0.25, 0.3) is 0 Å². The SMILES string of the molecule is FO[B]I. The highest BCUT2D eigenvalue weighted by Gasteiger charge is 1.70. The van der Waals surface area contributed by atoms with Crippen molar-refractivity contribution in [3.05, 3.63) is 0 Å². The van der Waals surface area contributed by atoms with Gasteiger partial charge >= 0.3 is 5.34 Å². The van der Waals surface area contributed by atoms with E-state index in [1.165, 1.54) is 0 Å². The lowest BCUT2D eigenvalue weighted by molar-refractivity contribution is 0.00369. The van der Waals surface area contributed by atoms with Crippen molar-refractivity contribution in [2.75, 3.05) is 0 Å². The lowest BCUT2D eigenvalue weighted by atomic mass is 10.6. The van der Waals surface area contributed by atoms with Crippen LogP contribution in [0.4, 0.5) is 4.53 Å². The minimum Gasteiger partial charge on any atom is -0.255 e. The Balaban J connectivity index is 1.97. The molecule has 0 aliphatic rings. The molecular weight excluding hydrogens is 173 g/mol. The molecule has 4 heteroatoms. The molecule has 0 aromatic rings. The van der Waals surface area contributed by atoms with E-state index in [0.717, 1.165) is 5.34 Å². The smallest absolute Gasteiger partial charge is 0.255 e. The first kappa shape index (κ1) is 4.68. The Kier molecular flexibility index (Phi) is 4.32. The summed E-state index contributed by atoms with van der Waals surface area (Å²) in [5.74, 6) is 0. The molecule has 0 aliphatic heterocycles. The summed E-state index contributed by atoms with van der Waals surface area (Å²) in [5, 5.41) is 0.928. The molecule has 0 aliphatic carbocycles. The van der Waals surface area contributed by atoms with Gasteiger partial charge in [0.2, 0.25) is 0 Å². The van der Waals surface area contributed by atoms with Crippen molar-refractivity contribution >= 4 is 27.7 Å². The summed E-state index contributed by atoms with van der Waals surface area (Å²) >= 11 is 1.63. The molecule has 0 saturated carbocycles. The van der Waals surface area contributed by atoms with Crippen LogP contribution in [0.3, 0.4) is 0 Å². The molecule has 1 radical (unpaired) electrons. The Morgan fingerprint density at radius 3 is 2.25 bits per heavy atom. The first-order valence-electron chi connectivity index (χ1n) is 0.608. The summed E-state index contributed by atoms with van der Waals surface area (Å²) in [6, 6.07) is 0. The van der Waals surface area contributed by atoms with E-state index >= 15 is 0 Å². The maximum Gasteiger partial charge on any atom is 0.430 e. The first-order chi connectivity index (χ1) is 1.91. The molecule has 0 bridgehead atoms. The van der Waals surface area contributed by atoms with Crippen LogP contribution in [-0.4, -0.2) is 5.34 Å². The standard InChI is InChI=1S/BFIO/c2-4-1-3. The highest BCUT2D eigenvalue weighted by atomic mass is 127. The summed E-state index contributed by atoms with van der Waals surface area (Å²) in [6.07, 6.45) is 0. The van der Waals surface area contributed by atoms with Gasteiger partial charge in [0.05, 0.1) is 0 Å². The molecule has 0 spiro atoms. The first-order valence-corrected chi connectivity index (χ1v) is 1.85. The molecule has 0 saturated heterocycles. The van der Waals surface area contributed by atoms with Gasteiger partial charge in [-0.3, -0.25) is 4.86 Å². The van der Waals surface area contributed by atoms with Crippen LogP contribution in [0, 0.1) is 0 Å². The minimum atomic E-state index is 0.928. The van der Waals surface area contributed by atoms with Crippen molar-refractivity contribution in [1.82, 2.24) is 0 Å². The molecule has 0 N–H and O–H groups in total. The van der Waals surface area contributed by atoms with E-state index in [-0.39, 0.29) is 0 Å². The predicted octanol–water partition coefficient (Wildman–Crippen LogP) is 0.857. The summed E-state index contributed by atoms with van der Waals surface area (Å²) in [5.41, 5.74) is 0. The van der Waals surface area contributed by atoms with Gasteiger partial charge in [-0.25, -0.2) is 0 Å². The van der Waals surface area contributed by atoms with Crippen molar-refractivity contribution < 1.29 is 9.39 Å².